The number of nitrogens with zero attached hydrogens (tertiary/aromatic N) is 4. The number of aromatic nitrogens is 5. The summed E-state index contributed by atoms with van der Waals surface area (Å²) in [6, 6.07) is 14.5. The minimum absolute atomic E-state index is 0.202. The zero-order valence-electron chi connectivity index (χ0n) is 16.8. The monoisotopic (exact) mass is 464 g/mol. The number of fused-ring (bicyclic) bond motifs is 1. The minimum atomic E-state index is -0.895. The van der Waals surface area contributed by atoms with Crippen molar-refractivity contribution in [2.24, 2.45) is 5.73 Å². The second-order valence-electron chi connectivity index (χ2n) is 7.08. The van der Waals surface area contributed by atoms with Gasteiger partial charge in [-0.1, -0.05) is 35.9 Å². The highest BCUT2D eigenvalue weighted by molar-refractivity contribution is 6.33. The van der Waals surface area contributed by atoms with Crippen molar-refractivity contribution in [2.45, 2.75) is 6.04 Å². The van der Waals surface area contributed by atoms with E-state index in [1.54, 1.807) is 30.5 Å². The van der Waals surface area contributed by atoms with Crippen LogP contribution in [0.5, 0.6) is 11.8 Å². The molecule has 0 spiro atoms. The Morgan fingerprint density at radius 2 is 1.82 bits per heavy atom. The second kappa shape index (κ2) is 8.53. The van der Waals surface area contributed by atoms with Gasteiger partial charge in [0.2, 0.25) is 0 Å². The summed E-state index contributed by atoms with van der Waals surface area (Å²) in [5.41, 5.74) is 8.90. The van der Waals surface area contributed by atoms with Crippen LogP contribution in [-0.2, 0) is 0 Å². The molecule has 0 saturated carbocycles. The summed E-state index contributed by atoms with van der Waals surface area (Å²) in [5, 5.41) is 8.22. The lowest BCUT2D eigenvalue weighted by Crippen LogP contribution is -2.16. The lowest BCUT2D eigenvalue weighted by Gasteiger charge is -2.14. The fourth-order valence-electron chi connectivity index (χ4n) is 3.42. The third-order valence-corrected chi connectivity index (χ3v) is 5.29. The van der Waals surface area contributed by atoms with E-state index < -0.39 is 17.7 Å². The van der Waals surface area contributed by atoms with Crippen molar-refractivity contribution in [2.75, 3.05) is 0 Å². The maximum Gasteiger partial charge on any atom is 0.324 e. The van der Waals surface area contributed by atoms with E-state index in [1.807, 2.05) is 18.2 Å². The summed E-state index contributed by atoms with van der Waals surface area (Å²) in [5.74, 6) is -1.87. The van der Waals surface area contributed by atoms with Gasteiger partial charge in [0.1, 0.15) is 5.82 Å². The number of hydrogen-bond acceptors (Lipinski definition) is 6. The Labute approximate surface area is 191 Å². The molecule has 3 N–H and O–H groups in total. The first-order chi connectivity index (χ1) is 16.0. The summed E-state index contributed by atoms with van der Waals surface area (Å²) in [6.07, 6.45) is 1.61. The lowest BCUT2D eigenvalue weighted by atomic mass is 10.0. The average Bonchev–Trinajstić information content (AvgIpc) is 3.24. The van der Waals surface area contributed by atoms with Crippen LogP contribution in [0.15, 0.2) is 66.9 Å². The molecule has 2 aromatic carbocycles. The van der Waals surface area contributed by atoms with Crippen LogP contribution >= 0.6 is 11.6 Å². The largest absolute Gasteiger partial charge is 0.421 e. The van der Waals surface area contributed by atoms with Gasteiger partial charge in [-0.2, -0.15) is 15.1 Å². The van der Waals surface area contributed by atoms with Crippen molar-refractivity contribution >= 4 is 22.6 Å². The molecule has 0 fully saturated rings. The molecule has 1 atom stereocenters. The van der Waals surface area contributed by atoms with E-state index in [4.69, 9.17) is 22.1 Å². The molecule has 5 aromatic rings. The molecule has 10 heteroatoms. The topological polar surface area (TPSA) is 103 Å². The van der Waals surface area contributed by atoms with Gasteiger partial charge >= 0.3 is 6.01 Å². The molecule has 3 aromatic heterocycles. The van der Waals surface area contributed by atoms with Gasteiger partial charge in [-0.25, -0.2) is 8.78 Å². The standard InChI is InChI=1S/C23H15ClF2N6O/c24-14-6-2-1-5-13(14)20-18-21(19(27)16-7-3-4-10-28-16)29-23(30-22(18)32-31-20)33-17-9-8-12(25)11-15(17)26/h1-11,19H,27H2,(H,29,30,31,32). The molecule has 33 heavy (non-hydrogen) atoms. The van der Waals surface area contributed by atoms with E-state index in [0.29, 0.717) is 39.1 Å². The Morgan fingerprint density at radius 3 is 2.58 bits per heavy atom. The highest BCUT2D eigenvalue weighted by Crippen LogP contribution is 2.36. The van der Waals surface area contributed by atoms with Crippen LogP contribution in [0.1, 0.15) is 17.4 Å². The summed E-state index contributed by atoms with van der Waals surface area (Å²) in [6.45, 7) is 0. The van der Waals surface area contributed by atoms with Gasteiger partial charge in [-0.05, 0) is 30.3 Å². The van der Waals surface area contributed by atoms with Gasteiger partial charge in [0.15, 0.2) is 17.2 Å². The number of rotatable bonds is 5. The molecule has 0 aliphatic heterocycles. The van der Waals surface area contributed by atoms with Crippen molar-refractivity contribution < 1.29 is 13.5 Å². The third-order valence-electron chi connectivity index (χ3n) is 4.96. The van der Waals surface area contributed by atoms with Crippen LogP contribution in [0.3, 0.4) is 0 Å². The van der Waals surface area contributed by atoms with Gasteiger partial charge in [0.05, 0.1) is 28.5 Å². The van der Waals surface area contributed by atoms with E-state index in [-0.39, 0.29) is 17.4 Å². The number of nitrogens with one attached hydrogen (secondary N) is 1. The predicted octanol–water partition coefficient (Wildman–Crippen LogP) is 5.19. The molecule has 3 heterocycles. The maximum atomic E-state index is 14.2. The molecule has 0 bridgehead atoms. The number of aromatic amines is 1. The number of halogens is 3. The quantitative estimate of drug-likeness (QED) is 0.371. The first kappa shape index (κ1) is 20.9. The van der Waals surface area contributed by atoms with Crippen LogP contribution in [0.4, 0.5) is 8.78 Å². The summed E-state index contributed by atoms with van der Waals surface area (Å²) >= 11 is 6.40. The van der Waals surface area contributed by atoms with E-state index in [2.05, 4.69) is 25.1 Å². The number of H-pyrrole nitrogens is 1. The summed E-state index contributed by atoms with van der Waals surface area (Å²) in [4.78, 5) is 13.1. The second-order valence-corrected chi connectivity index (χ2v) is 7.48. The van der Waals surface area contributed by atoms with Crippen molar-refractivity contribution in [3.63, 3.8) is 0 Å². The molecule has 7 nitrogen and oxygen atoms in total. The smallest absolute Gasteiger partial charge is 0.324 e. The molecular weight excluding hydrogens is 450 g/mol. The molecule has 0 aliphatic rings. The van der Waals surface area contributed by atoms with Crippen molar-refractivity contribution in [1.29, 1.82) is 0 Å². The molecular formula is C23H15ClF2N6O. The molecule has 0 saturated heterocycles. The van der Waals surface area contributed by atoms with E-state index >= 15 is 0 Å². The zero-order valence-corrected chi connectivity index (χ0v) is 17.6. The Kier molecular flexibility index (Phi) is 5.41. The Balaban J connectivity index is 1.70. The first-order valence-electron chi connectivity index (χ1n) is 9.81. The van der Waals surface area contributed by atoms with Crippen molar-refractivity contribution in [1.82, 2.24) is 25.1 Å². The van der Waals surface area contributed by atoms with Crippen LogP contribution < -0.4 is 10.5 Å². The number of nitrogens with two attached hydrogens (primary N) is 1. The Morgan fingerprint density at radius 1 is 1.00 bits per heavy atom. The SMILES string of the molecule is NC(c1ccccn1)c1nc(Oc2ccc(F)cc2F)nc2n[nH]c(-c3ccccc3Cl)c12. The van der Waals surface area contributed by atoms with Gasteiger partial charge in [-0.15, -0.1) is 0 Å². The lowest BCUT2D eigenvalue weighted by molar-refractivity contribution is 0.407. The van der Waals surface area contributed by atoms with Crippen LogP contribution in [0, 0.1) is 11.6 Å². The van der Waals surface area contributed by atoms with Gasteiger partial charge in [-0.3, -0.25) is 10.1 Å². The Hall–Kier alpha value is -3.95. The number of pyridine rings is 1. The highest BCUT2D eigenvalue weighted by atomic mass is 35.5. The first-order valence-corrected chi connectivity index (χ1v) is 10.2. The number of benzene rings is 2. The molecule has 0 amide bonds. The van der Waals surface area contributed by atoms with Crippen LogP contribution in [0.25, 0.3) is 22.3 Å². The summed E-state index contributed by atoms with van der Waals surface area (Å²) < 4.78 is 32.9. The molecule has 0 radical (unpaired) electrons. The van der Waals surface area contributed by atoms with Gasteiger partial charge in [0.25, 0.3) is 0 Å². The fraction of sp³-hybridized carbons (Fsp3) is 0.0435. The van der Waals surface area contributed by atoms with Crippen LogP contribution in [0.2, 0.25) is 5.02 Å². The van der Waals surface area contributed by atoms with Gasteiger partial charge < -0.3 is 10.5 Å². The molecule has 5 rings (SSSR count). The van der Waals surface area contributed by atoms with Gasteiger partial charge in [0, 0.05) is 22.8 Å². The highest BCUT2D eigenvalue weighted by Gasteiger charge is 2.24. The van der Waals surface area contributed by atoms with Crippen molar-refractivity contribution in [3.8, 4) is 23.0 Å². The molecule has 1 unspecified atom stereocenters. The van der Waals surface area contributed by atoms with Crippen molar-refractivity contribution in [3.05, 3.63) is 94.9 Å². The maximum absolute atomic E-state index is 14.2. The number of ether oxygens (including phenoxy) is 1. The van der Waals surface area contributed by atoms with E-state index in [9.17, 15) is 8.78 Å². The third kappa shape index (κ3) is 3.99. The fourth-order valence-corrected chi connectivity index (χ4v) is 3.65. The normalized spacial score (nSPS) is 12.1. The molecule has 164 valence electrons. The minimum Gasteiger partial charge on any atom is -0.421 e. The average molecular weight is 465 g/mol. The Bertz CT molecular complexity index is 1460. The van der Waals surface area contributed by atoms with Crippen LogP contribution in [-0.4, -0.2) is 25.1 Å². The summed E-state index contributed by atoms with van der Waals surface area (Å²) in [7, 11) is 0. The predicted molar refractivity (Wildman–Crippen MR) is 119 cm³/mol. The number of hydrogen-bond donors (Lipinski definition) is 2. The van der Waals surface area contributed by atoms with E-state index in [1.165, 1.54) is 0 Å². The molecule has 0 aliphatic carbocycles. The zero-order chi connectivity index (χ0) is 22.9. The van der Waals surface area contributed by atoms with E-state index in [0.717, 1.165) is 12.1 Å².